The van der Waals surface area contributed by atoms with Gasteiger partial charge in [-0.3, -0.25) is 4.79 Å². The SMILES string of the molecule is CC(CNC(=O)c1ccccc1Cl)n1cncn1. The molecule has 0 aliphatic carbocycles. The number of hydrogen-bond donors (Lipinski definition) is 1. The second-order valence-electron chi connectivity index (χ2n) is 3.91. The van der Waals surface area contributed by atoms with Crippen molar-refractivity contribution in [2.75, 3.05) is 6.54 Å². The molecule has 1 heterocycles. The number of carbonyl (C=O) groups is 1. The molecular weight excluding hydrogens is 252 g/mol. The van der Waals surface area contributed by atoms with Gasteiger partial charge in [0.15, 0.2) is 0 Å². The average Bonchev–Trinajstić information content (AvgIpc) is 2.90. The Balaban J connectivity index is 1.95. The lowest BCUT2D eigenvalue weighted by molar-refractivity contribution is 0.0948. The lowest BCUT2D eigenvalue weighted by Gasteiger charge is -2.12. The maximum absolute atomic E-state index is 11.9. The first-order chi connectivity index (χ1) is 8.68. The van der Waals surface area contributed by atoms with E-state index in [-0.39, 0.29) is 11.9 Å². The largest absolute Gasteiger partial charge is 0.350 e. The van der Waals surface area contributed by atoms with Gasteiger partial charge in [-0.05, 0) is 19.1 Å². The van der Waals surface area contributed by atoms with E-state index in [0.717, 1.165) is 0 Å². The van der Waals surface area contributed by atoms with E-state index in [9.17, 15) is 4.79 Å². The van der Waals surface area contributed by atoms with Crippen molar-refractivity contribution < 1.29 is 4.79 Å². The number of rotatable bonds is 4. The summed E-state index contributed by atoms with van der Waals surface area (Å²) in [4.78, 5) is 15.8. The lowest BCUT2D eigenvalue weighted by atomic mass is 10.2. The Morgan fingerprint density at radius 1 is 1.50 bits per heavy atom. The summed E-state index contributed by atoms with van der Waals surface area (Å²) in [5.41, 5.74) is 0.477. The van der Waals surface area contributed by atoms with Crippen LogP contribution in [0.5, 0.6) is 0 Å². The van der Waals surface area contributed by atoms with Crippen molar-refractivity contribution in [3.63, 3.8) is 0 Å². The molecule has 0 saturated heterocycles. The summed E-state index contributed by atoms with van der Waals surface area (Å²) in [6.45, 7) is 2.41. The maximum Gasteiger partial charge on any atom is 0.252 e. The molecule has 0 aliphatic rings. The van der Waals surface area contributed by atoms with E-state index in [4.69, 9.17) is 11.6 Å². The number of halogens is 1. The number of carbonyl (C=O) groups excluding carboxylic acids is 1. The van der Waals surface area contributed by atoms with Gasteiger partial charge in [0.05, 0.1) is 16.6 Å². The molecule has 1 unspecified atom stereocenters. The minimum absolute atomic E-state index is 0.0407. The van der Waals surface area contributed by atoms with Crippen LogP contribution in [0.3, 0.4) is 0 Å². The number of amides is 1. The van der Waals surface area contributed by atoms with E-state index in [1.54, 1.807) is 35.3 Å². The molecule has 0 fully saturated rings. The molecule has 18 heavy (non-hydrogen) atoms. The quantitative estimate of drug-likeness (QED) is 0.918. The molecule has 1 amide bonds. The predicted molar refractivity (Wildman–Crippen MR) is 68.5 cm³/mol. The fourth-order valence-electron chi connectivity index (χ4n) is 1.52. The zero-order valence-corrected chi connectivity index (χ0v) is 10.6. The highest BCUT2D eigenvalue weighted by Gasteiger charge is 2.11. The van der Waals surface area contributed by atoms with Gasteiger partial charge in [0, 0.05) is 6.54 Å². The van der Waals surface area contributed by atoms with Gasteiger partial charge in [-0.2, -0.15) is 5.10 Å². The van der Waals surface area contributed by atoms with Gasteiger partial charge < -0.3 is 5.32 Å². The number of aromatic nitrogens is 3. The number of nitrogens with one attached hydrogen (secondary N) is 1. The predicted octanol–water partition coefficient (Wildman–Crippen LogP) is 1.92. The topological polar surface area (TPSA) is 59.8 Å². The molecule has 6 heteroatoms. The number of nitrogens with zero attached hydrogens (tertiary/aromatic N) is 3. The van der Waals surface area contributed by atoms with Crippen molar-refractivity contribution in [3.05, 3.63) is 47.5 Å². The molecule has 94 valence electrons. The average molecular weight is 265 g/mol. The molecule has 2 rings (SSSR count). The first-order valence-electron chi connectivity index (χ1n) is 5.55. The third kappa shape index (κ3) is 2.87. The van der Waals surface area contributed by atoms with Crippen LogP contribution in [0.1, 0.15) is 23.3 Å². The number of hydrogen-bond acceptors (Lipinski definition) is 3. The van der Waals surface area contributed by atoms with E-state index in [0.29, 0.717) is 17.1 Å². The van der Waals surface area contributed by atoms with Crippen LogP contribution in [-0.2, 0) is 0 Å². The van der Waals surface area contributed by atoms with Crippen molar-refractivity contribution in [1.82, 2.24) is 20.1 Å². The molecule has 0 aliphatic heterocycles. The molecular formula is C12H13ClN4O. The normalized spacial score (nSPS) is 12.1. The smallest absolute Gasteiger partial charge is 0.252 e. The van der Waals surface area contributed by atoms with Gasteiger partial charge in [0.25, 0.3) is 5.91 Å². The second kappa shape index (κ2) is 5.64. The molecule has 0 bridgehead atoms. The van der Waals surface area contributed by atoms with Crippen LogP contribution >= 0.6 is 11.6 Å². The van der Waals surface area contributed by atoms with Crippen molar-refractivity contribution >= 4 is 17.5 Å². The van der Waals surface area contributed by atoms with E-state index >= 15 is 0 Å². The van der Waals surface area contributed by atoms with Crippen LogP contribution in [0.2, 0.25) is 5.02 Å². The molecule has 0 saturated carbocycles. The molecule has 1 N–H and O–H groups in total. The summed E-state index contributed by atoms with van der Waals surface area (Å²) >= 11 is 5.95. The Kier molecular flexibility index (Phi) is 3.94. The summed E-state index contributed by atoms with van der Waals surface area (Å²) in [6.07, 6.45) is 3.08. The zero-order chi connectivity index (χ0) is 13.0. The molecule has 0 radical (unpaired) electrons. The van der Waals surface area contributed by atoms with Gasteiger partial charge in [0.1, 0.15) is 12.7 Å². The molecule has 2 aromatic rings. The van der Waals surface area contributed by atoms with Gasteiger partial charge in [-0.25, -0.2) is 9.67 Å². The van der Waals surface area contributed by atoms with Gasteiger partial charge in [-0.15, -0.1) is 0 Å². The Bertz CT molecular complexity index is 527. The van der Waals surface area contributed by atoms with Gasteiger partial charge in [0.2, 0.25) is 0 Å². The highest BCUT2D eigenvalue weighted by molar-refractivity contribution is 6.33. The van der Waals surface area contributed by atoms with E-state index < -0.39 is 0 Å². The van der Waals surface area contributed by atoms with Gasteiger partial charge >= 0.3 is 0 Å². The third-order valence-corrected chi connectivity index (χ3v) is 2.89. The van der Waals surface area contributed by atoms with Crippen LogP contribution in [0.25, 0.3) is 0 Å². The fourth-order valence-corrected chi connectivity index (χ4v) is 1.74. The molecule has 0 spiro atoms. The minimum Gasteiger partial charge on any atom is -0.350 e. The summed E-state index contributed by atoms with van der Waals surface area (Å²) < 4.78 is 1.69. The minimum atomic E-state index is -0.187. The second-order valence-corrected chi connectivity index (χ2v) is 4.32. The lowest BCUT2D eigenvalue weighted by Crippen LogP contribution is -2.29. The van der Waals surface area contributed by atoms with E-state index in [2.05, 4.69) is 15.4 Å². The first kappa shape index (κ1) is 12.6. The summed E-state index contributed by atoms with van der Waals surface area (Å²) in [5.74, 6) is -0.187. The highest BCUT2D eigenvalue weighted by Crippen LogP contribution is 2.14. The van der Waals surface area contributed by atoms with Crippen LogP contribution in [0.15, 0.2) is 36.9 Å². The van der Waals surface area contributed by atoms with Crippen molar-refractivity contribution in [2.24, 2.45) is 0 Å². The Hall–Kier alpha value is -1.88. The van der Waals surface area contributed by atoms with Crippen molar-refractivity contribution in [2.45, 2.75) is 13.0 Å². The third-order valence-electron chi connectivity index (χ3n) is 2.56. The maximum atomic E-state index is 11.9. The summed E-state index contributed by atoms with van der Waals surface area (Å²) in [6, 6.07) is 6.99. The number of benzene rings is 1. The zero-order valence-electron chi connectivity index (χ0n) is 9.88. The molecule has 1 aromatic heterocycles. The fraction of sp³-hybridized carbons (Fsp3) is 0.250. The standard InChI is InChI=1S/C12H13ClN4O/c1-9(17-8-14-7-16-17)6-15-12(18)10-4-2-3-5-11(10)13/h2-5,7-9H,6H2,1H3,(H,15,18). The molecule has 1 atom stereocenters. The van der Waals surface area contributed by atoms with Crippen LogP contribution in [0.4, 0.5) is 0 Å². The highest BCUT2D eigenvalue weighted by atomic mass is 35.5. The summed E-state index contributed by atoms with van der Waals surface area (Å²) in [7, 11) is 0. The summed E-state index contributed by atoms with van der Waals surface area (Å²) in [5, 5.41) is 7.28. The monoisotopic (exact) mass is 264 g/mol. The Morgan fingerprint density at radius 3 is 2.94 bits per heavy atom. The van der Waals surface area contributed by atoms with Crippen LogP contribution < -0.4 is 5.32 Å². The molecule has 5 nitrogen and oxygen atoms in total. The van der Waals surface area contributed by atoms with Crippen molar-refractivity contribution in [3.8, 4) is 0 Å². The van der Waals surface area contributed by atoms with Crippen molar-refractivity contribution in [1.29, 1.82) is 0 Å². The van der Waals surface area contributed by atoms with Crippen LogP contribution in [0, 0.1) is 0 Å². The Morgan fingerprint density at radius 2 is 2.28 bits per heavy atom. The molecule has 1 aromatic carbocycles. The van der Waals surface area contributed by atoms with Gasteiger partial charge in [-0.1, -0.05) is 23.7 Å². The first-order valence-corrected chi connectivity index (χ1v) is 5.93. The van der Waals surface area contributed by atoms with E-state index in [1.807, 2.05) is 6.92 Å². The van der Waals surface area contributed by atoms with E-state index in [1.165, 1.54) is 6.33 Å². The Labute approximate surface area is 110 Å². The van der Waals surface area contributed by atoms with Crippen LogP contribution in [-0.4, -0.2) is 27.2 Å².